The Morgan fingerprint density at radius 1 is 1.21 bits per heavy atom. The van der Waals surface area contributed by atoms with E-state index in [1.54, 1.807) is 37.5 Å². The van der Waals surface area contributed by atoms with Gasteiger partial charge in [0.25, 0.3) is 5.56 Å². The molecule has 0 spiro atoms. The molecule has 1 heterocycles. The quantitative estimate of drug-likeness (QED) is 0.632. The molecule has 0 N–H and O–H groups in total. The molecule has 0 aliphatic carbocycles. The Morgan fingerprint density at radius 3 is 2.71 bits per heavy atom. The lowest BCUT2D eigenvalue weighted by Crippen LogP contribution is -2.15. The summed E-state index contributed by atoms with van der Waals surface area (Å²) in [4.78, 5) is 22.4. The molecule has 0 fully saturated rings. The van der Waals surface area contributed by atoms with E-state index in [-0.39, 0.29) is 5.56 Å². The smallest absolute Gasteiger partial charge is 0.258 e. The number of pyridine rings is 1. The number of hydrogen-bond acceptors (Lipinski definition) is 2. The Bertz CT molecular complexity index is 555. The highest BCUT2D eigenvalue weighted by atomic mass is 16.1. The lowest BCUT2D eigenvalue weighted by atomic mass is 10.1. The highest BCUT2D eigenvalue weighted by Crippen LogP contribution is 2.12. The summed E-state index contributed by atoms with van der Waals surface area (Å²) in [5.74, 6) is 0. The summed E-state index contributed by atoms with van der Waals surface area (Å²) in [6, 6.07) is 6.92. The Labute approximate surface area is 80.6 Å². The molecule has 0 aliphatic heterocycles. The molecule has 0 amide bonds. The van der Waals surface area contributed by atoms with E-state index >= 15 is 0 Å². The van der Waals surface area contributed by atoms with Crippen LogP contribution in [0.4, 0.5) is 0 Å². The van der Waals surface area contributed by atoms with E-state index in [1.165, 1.54) is 4.57 Å². The van der Waals surface area contributed by atoms with E-state index in [4.69, 9.17) is 0 Å². The molecule has 14 heavy (non-hydrogen) atoms. The SMILES string of the molecule is Cn1ccc2c(C=O)cccc2c1=O. The van der Waals surface area contributed by atoms with Crippen molar-refractivity contribution in [1.82, 2.24) is 4.57 Å². The van der Waals surface area contributed by atoms with Gasteiger partial charge < -0.3 is 4.57 Å². The van der Waals surface area contributed by atoms with E-state index < -0.39 is 0 Å². The van der Waals surface area contributed by atoms with Crippen LogP contribution < -0.4 is 5.56 Å². The van der Waals surface area contributed by atoms with Gasteiger partial charge >= 0.3 is 0 Å². The number of rotatable bonds is 1. The van der Waals surface area contributed by atoms with Crippen LogP contribution in [0.3, 0.4) is 0 Å². The molecule has 0 bridgehead atoms. The fourth-order valence-corrected chi connectivity index (χ4v) is 1.50. The Kier molecular flexibility index (Phi) is 1.93. The van der Waals surface area contributed by atoms with Gasteiger partial charge in [0.2, 0.25) is 0 Å². The Morgan fingerprint density at radius 2 is 2.00 bits per heavy atom. The summed E-state index contributed by atoms with van der Waals surface area (Å²) in [5.41, 5.74) is 0.478. The van der Waals surface area contributed by atoms with Crippen LogP contribution in [0.25, 0.3) is 10.8 Å². The van der Waals surface area contributed by atoms with E-state index in [9.17, 15) is 9.59 Å². The van der Waals surface area contributed by atoms with Gasteiger partial charge in [-0.25, -0.2) is 0 Å². The molecule has 3 heteroatoms. The van der Waals surface area contributed by atoms with E-state index in [0.29, 0.717) is 16.3 Å². The maximum Gasteiger partial charge on any atom is 0.258 e. The van der Waals surface area contributed by atoms with Gasteiger partial charge in [-0.3, -0.25) is 9.59 Å². The summed E-state index contributed by atoms with van der Waals surface area (Å²) in [5, 5.41) is 1.30. The molecule has 1 aromatic carbocycles. The summed E-state index contributed by atoms with van der Waals surface area (Å²) in [6.45, 7) is 0. The number of nitrogens with zero attached hydrogens (tertiary/aromatic N) is 1. The maximum absolute atomic E-state index is 11.6. The van der Waals surface area contributed by atoms with Crippen molar-refractivity contribution < 1.29 is 4.79 Å². The molecular weight excluding hydrogens is 178 g/mol. The zero-order valence-electron chi connectivity index (χ0n) is 7.73. The minimum Gasteiger partial charge on any atom is -0.318 e. The van der Waals surface area contributed by atoms with Crippen molar-refractivity contribution in [3.05, 3.63) is 46.4 Å². The average Bonchev–Trinajstić information content (AvgIpc) is 2.23. The van der Waals surface area contributed by atoms with Crippen LogP contribution in [0.1, 0.15) is 10.4 Å². The van der Waals surface area contributed by atoms with Gasteiger partial charge in [-0.2, -0.15) is 0 Å². The van der Waals surface area contributed by atoms with Gasteiger partial charge in [-0.15, -0.1) is 0 Å². The third kappa shape index (κ3) is 1.14. The minimum absolute atomic E-state index is 0.0776. The van der Waals surface area contributed by atoms with Crippen molar-refractivity contribution in [3.63, 3.8) is 0 Å². The van der Waals surface area contributed by atoms with Crippen molar-refractivity contribution in [2.75, 3.05) is 0 Å². The second-order valence-electron chi connectivity index (χ2n) is 3.16. The van der Waals surface area contributed by atoms with Gasteiger partial charge in [0, 0.05) is 24.2 Å². The molecule has 3 nitrogen and oxygen atoms in total. The number of carbonyl (C=O) groups excluding carboxylic acids is 1. The number of aromatic nitrogens is 1. The highest BCUT2D eigenvalue weighted by molar-refractivity contribution is 5.97. The van der Waals surface area contributed by atoms with E-state index in [0.717, 1.165) is 6.29 Å². The zero-order chi connectivity index (χ0) is 10.1. The maximum atomic E-state index is 11.6. The lowest BCUT2D eigenvalue weighted by molar-refractivity contribution is 0.112. The highest BCUT2D eigenvalue weighted by Gasteiger charge is 2.03. The number of fused-ring (bicyclic) bond motifs is 1. The normalized spacial score (nSPS) is 10.4. The fraction of sp³-hybridized carbons (Fsp3) is 0.0909. The zero-order valence-corrected chi connectivity index (χ0v) is 7.73. The van der Waals surface area contributed by atoms with Crippen molar-refractivity contribution in [2.45, 2.75) is 0 Å². The van der Waals surface area contributed by atoms with Gasteiger partial charge in [-0.05, 0) is 17.5 Å². The van der Waals surface area contributed by atoms with Gasteiger partial charge in [-0.1, -0.05) is 12.1 Å². The molecule has 2 aromatic rings. The predicted molar refractivity (Wildman–Crippen MR) is 54.6 cm³/mol. The monoisotopic (exact) mass is 187 g/mol. The number of aldehydes is 1. The van der Waals surface area contributed by atoms with Crippen LogP contribution in [0.5, 0.6) is 0 Å². The van der Waals surface area contributed by atoms with E-state index in [2.05, 4.69) is 0 Å². The molecule has 0 atom stereocenters. The number of carbonyl (C=O) groups is 1. The molecule has 0 radical (unpaired) electrons. The van der Waals surface area contributed by atoms with Crippen LogP contribution in [0.2, 0.25) is 0 Å². The molecule has 1 aromatic heterocycles. The Balaban J connectivity index is 3.00. The molecule has 0 saturated carbocycles. The van der Waals surface area contributed by atoms with Crippen molar-refractivity contribution in [3.8, 4) is 0 Å². The third-order valence-electron chi connectivity index (χ3n) is 2.28. The van der Waals surface area contributed by atoms with E-state index in [1.807, 2.05) is 0 Å². The number of hydrogen-bond donors (Lipinski definition) is 0. The van der Waals surface area contributed by atoms with Crippen LogP contribution in [0.15, 0.2) is 35.3 Å². The Hall–Kier alpha value is -1.90. The number of aryl methyl sites for hydroxylation is 1. The second kappa shape index (κ2) is 3.10. The fourth-order valence-electron chi connectivity index (χ4n) is 1.50. The van der Waals surface area contributed by atoms with Crippen LogP contribution in [-0.2, 0) is 7.05 Å². The van der Waals surface area contributed by atoms with Crippen molar-refractivity contribution >= 4 is 17.1 Å². The summed E-state index contributed by atoms with van der Waals surface area (Å²) < 4.78 is 1.50. The standard InChI is InChI=1S/C11H9NO2/c1-12-6-5-9-8(7-13)3-2-4-10(9)11(12)14/h2-7H,1H3. The molecule has 0 unspecified atom stereocenters. The molecule has 0 aliphatic rings. The third-order valence-corrected chi connectivity index (χ3v) is 2.28. The van der Waals surface area contributed by atoms with Crippen LogP contribution in [0, 0.1) is 0 Å². The largest absolute Gasteiger partial charge is 0.318 e. The first-order valence-corrected chi connectivity index (χ1v) is 4.27. The van der Waals surface area contributed by atoms with Crippen molar-refractivity contribution in [2.24, 2.45) is 7.05 Å². The predicted octanol–water partition coefficient (Wildman–Crippen LogP) is 1.35. The second-order valence-corrected chi connectivity index (χ2v) is 3.16. The molecule has 0 saturated heterocycles. The van der Waals surface area contributed by atoms with Crippen molar-refractivity contribution in [1.29, 1.82) is 0 Å². The molecular formula is C11H9NO2. The molecule has 2 rings (SSSR count). The first-order valence-electron chi connectivity index (χ1n) is 4.27. The topological polar surface area (TPSA) is 39.1 Å². The summed E-state index contributed by atoms with van der Waals surface area (Å²) in [7, 11) is 1.69. The van der Waals surface area contributed by atoms with Crippen LogP contribution >= 0.6 is 0 Å². The average molecular weight is 187 g/mol. The van der Waals surface area contributed by atoms with Gasteiger partial charge in [0.1, 0.15) is 0 Å². The van der Waals surface area contributed by atoms with Crippen LogP contribution in [-0.4, -0.2) is 10.9 Å². The number of benzene rings is 1. The lowest BCUT2D eigenvalue weighted by Gasteiger charge is -2.02. The first-order chi connectivity index (χ1) is 6.74. The van der Waals surface area contributed by atoms with Gasteiger partial charge in [0.05, 0.1) is 0 Å². The summed E-state index contributed by atoms with van der Waals surface area (Å²) in [6.07, 6.45) is 2.43. The summed E-state index contributed by atoms with van der Waals surface area (Å²) >= 11 is 0. The van der Waals surface area contributed by atoms with Gasteiger partial charge in [0.15, 0.2) is 6.29 Å². The first kappa shape index (κ1) is 8.69. The minimum atomic E-state index is -0.0776. The molecule has 70 valence electrons.